The lowest BCUT2D eigenvalue weighted by molar-refractivity contribution is -0.135. The first-order valence-corrected chi connectivity index (χ1v) is 10.5. The SMILES string of the molecule is O=C1CC[C@@H](C(=O)N2CCc3nc(-c4ccncc4)nc(Nc4cccc(F)c4)c3C2)N1. The van der Waals surface area contributed by atoms with E-state index in [9.17, 15) is 14.0 Å². The van der Waals surface area contributed by atoms with Crippen molar-refractivity contribution >= 4 is 23.3 Å². The molecule has 1 saturated heterocycles. The maximum Gasteiger partial charge on any atom is 0.245 e. The van der Waals surface area contributed by atoms with E-state index in [1.165, 1.54) is 12.1 Å². The molecule has 1 aromatic carbocycles. The molecule has 9 heteroatoms. The van der Waals surface area contributed by atoms with Crippen molar-refractivity contribution in [2.24, 2.45) is 0 Å². The summed E-state index contributed by atoms with van der Waals surface area (Å²) in [5.41, 5.74) is 3.00. The third kappa shape index (κ3) is 4.01. The van der Waals surface area contributed by atoms with Gasteiger partial charge in [-0.05, 0) is 36.8 Å². The number of amides is 2. The normalized spacial score (nSPS) is 17.6. The number of rotatable bonds is 4. The number of hydrogen-bond acceptors (Lipinski definition) is 6. The van der Waals surface area contributed by atoms with Gasteiger partial charge < -0.3 is 15.5 Å². The minimum atomic E-state index is -0.485. The molecule has 1 atom stereocenters. The summed E-state index contributed by atoms with van der Waals surface area (Å²) in [6.45, 7) is 0.819. The number of carbonyl (C=O) groups is 2. The van der Waals surface area contributed by atoms with Crippen LogP contribution in [0.3, 0.4) is 0 Å². The van der Waals surface area contributed by atoms with Crippen molar-refractivity contribution in [3.05, 3.63) is 65.9 Å². The summed E-state index contributed by atoms with van der Waals surface area (Å²) >= 11 is 0. The second-order valence-corrected chi connectivity index (χ2v) is 7.86. The zero-order valence-electron chi connectivity index (χ0n) is 17.2. The molecule has 0 bridgehead atoms. The summed E-state index contributed by atoms with van der Waals surface area (Å²) in [5, 5.41) is 5.95. The number of benzene rings is 1. The first-order valence-electron chi connectivity index (χ1n) is 10.5. The number of pyridine rings is 1. The molecule has 4 heterocycles. The van der Waals surface area contributed by atoms with E-state index >= 15 is 0 Å². The van der Waals surface area contributed by atoms with Gasteiger partial charge in [0.2, 0.25) is 11.8 Å². The maximum atomic E-state index is 13.8. The highest BCUT2D eigenvalue weighted by Gasteiger charge is 2.33. The number of nitrogens with one attached hydrogen (secondary N) is 2. The Kier molecular flexibility index (Phi) is 5.22. The van der Waals surface area contributed by atoms with Gasteiger partial charge in [-0.15, -0.1) is 0 Å². The van der Waals surface area contributed by atoms with Crippen LogP contribution in [0, 0.1) is 5.82 Å². The molecule has 3 aromatic rings. The standard InChI is InChI=1S/C23H21FN6O2/c24-15-2-1-3-16(12-15)26-22-17-13-30(23(32)19-4-5-20(31)27-19)11-8-18(17)28-21(29-22)14-6-9-25-10-7-14/h1-3,6-7,9-10,12,19H,4-5,8,11,13H2,(H,27,31)(H,26,28,29)/t19-/m0/s1. The number of hydrogen-bond donors (Lipinski definition) is 2. The molecule has 8 nitrogen and oxygen atoms in total. The minimum Gasteiger partial charge on any atom is -0.344 e. The first-order chi connectivity index (χ1) is 15.6. The van der Waals surface area contributed by atoms with Gasteiger partial charge in [-0.2, -0.15) is 0 Å². The van der Waals surface area contributed by atoms with Crippen molar-refractivity contribution in [1.29, 1.82) is 0 Å². The molecule has 2 aromatic heterocycles. The van der Waals surface area contributed by atoms with Crippen LogP contribution in [0.1, 0.15) is 24.1 Å². The number of aromatic nitrogens is 3. The highest BCUT2D eigenvalue weighted by molar-refractivity contribution is 5.91. The Bertz CT molecular complexity index is 1190. The van der Waals surface area contributed by atoms with Crippen LogP contribution in [-0.2, 0) is 22.6 Å². The highest BCUT2D eigenvalue weighted by Crippen LogP contribution is 2.30. The van der Waals surface area contributed by atoms with E-state index in [-0.39, 0.29) is 17.6 Å². The molecule has 0 spiro atoms. The smallest absolute Gasteiger partial charge is 0.245 e. The van der Waals surface area contributed by atoms with Crippen LogP contribution in [0.2, 0.25) is 0 Å². The molecule has 5 rings (SSSR count). The maximum absolute atomic E-state index is 13.8. The third-order valence-electron chi connectivity index (χ3n) is 5.69. The minimum absolute atomic E-state index is 0.0976. The average molecular weight is 432 g/mol. The summed E-state index contributed by atoms with van der Waals surface area (Å²) in [4.78, 5) is 39.7. The quantitative estimate of drug-likeness (QED) is 0.657. The molecule has 1 fully saturated rings. The number of fused-ring (bicyclic) bond motifs is 1. The summed E-state index contributed by atoms with van der Waals surface area (Å²) in [6, 6.07) is 9.31. The van der Waals surface area contributed by atoms with Crippen LogP contribution in [0.15, 0.2) is 48.8 Å². The molecule has 2 aliphatic rings. The Morgan fingerprint density at radius 1 is 1.16 bits per heavy atom. The fraction of sp³-hybridized carbons (Fsp3) is 0.261. The Hall–Kier alpha value is -3.88. The zero-order chi connectivity index (χ0) is 22.1. The van der Waals surface area contributed by atoms with Crippen LogP contribution < -0.4 is 10.6 Å². The van der Waals surface area contributed by atoms with Crippen molar-refractivity contribution in [3.63, 3.8) is 0 Å². The number of carbonyl (C=O) groups excluding carboxylic acids is 2. The molecule has 0 saturated carbocycles. The number of anilines is 2. The molecular weight excluding hydrogens is 411 g/mol. The van der Waals surface area contributed by atoms with Gasteiger partial charge in [-0.25, -0.2) is 14.4 Å². The van der Waals surface area contributed by atoms with E-state index in [0.29, 0.717) is 49.7 Å². The Balaban J connectivity index is 1.50. The molecule has 32 heavy (non-hydrogen) atoms. The zero-order valence-corrected chi connectivity index (χ0v) is 17.2. The number of halogens is 1. The fourth-order valence-electron chi connectivity index (χ4n) is 4.06. The Morgan fingerprint density at radius 2 is 2.00 bits per heavy atom. The topological polar surface area (TPSA) is 100 Å². The average Bonchev–Trinajstić information content (AvgIpc) is 3.25. The van der Waals surface area contributed by atoms with Crippen LogP contribution in [0.5, 0.6) is 0 Å². The lowest BCUT2D eigenvalue weighted by Crippen LogP contribution is -2.46. The Labute approximate surface area is 183 Å². The summed E-state index contributed by atoms with van der Waals surface area (Å²) < 4.78 is 13.8. The van der Waals surface area contributed by atoms with Gasteiger partial charge in [0.05, 0.1) is 12.2 Å². The second kappa shape index (κ2) is 8.33. The van der Waals surface area contributed by atoms with Crippen molar-refractivity contribution in [3.8, 4) is 11.4 Å². The molecule has 2 N–H and O–H groups in total. The molecule has 2 amide bonds. The summed E-state index contributed by atoms with van der Waals surface area (Å²) in [7, 11) is 0. The first kappa shape index (κ1) is 20.0. The van der Waals surface area contributed by atoms with Gasteiger partial charge in [0, 0.05) is 48.6 Å². The molecule has 0 radical (unpaired) electrons. The van der Waals surface area contributed by atoms with E-state index in [1.807, 2.05) is 12.1 Å². The fourth-order valence-corrected chi connectivity index (χ4v) is 4.06. The molecule has 0 unspecified atom stereocenters. The van der Waals surface area contributed by atoms with Gasteiger partial charge in [-0.3, -0.25) is 14.6 Å². The van der Waals surface area contributed by atoms with Crippen LogP contribution in [0.25, 0.3) is 11.4 Å². The van der Waals surface area contributed by atoms with Gasteiger partial charge >= 0.3 is 0 Å². The largest absolute Gasteiger partial charge is 0.344 e. The van der Waals surface area contributed by atoms with E-state index in [1.54, 1.807) is 29.4 Å². The van der Waals surface area contributed by atoms with Crippen molar-refractivity contribution < 1.29 is 14.0 Å². The summed E-state index contributed by atoms with van der Waals surface area (Å²) in [5.74, 6) is 0.505. The third-order valence-corrected chi connectivity index (χ3v) is 5.69. The Morgan fingerprint density at radius 3 is 2.75 bits per heavy atom. The van der Waals surface area contributed by atoms with Crippen LogP contribution in [-0.4, -0.2) is 44.3 Å². The predicted molar refractivity (Wildman–Crippen MR) is 115 cm³/mol. The molecule has 2 aliphatic heterocycles. The molecule has 0 aliphatic carbocycles. The lowest BCUT2D eigenvalue weighted by Gasteiger charge is -2.31. The van der Waals surface area contributed by atoms with Gasteiger partial charge in [0.1, 0.15) is 17.7 Å². The molecule has 162 valence electrons. The van der Waals surface area contributed by atoms with E-state index in [2.05, 4.69) is 15.6 Å². The van der Waals surface area contributed by atoms with Gasteiger partial charge in [0.25, 0.3) is 0 Å². The second-order valence-electron chi connectivity index (χ2n) is 7.86. The van der Waals surface area contributed by atoms with Crippen LogP contribution in [0.4, 0.5) is 15.9 Å². The van der Waals surface area contributed by atoms with E-state index in [0.717, 1.165) is 16.8 Å². The van der Waals surface area contributed by atoms with Gasteiger partial charge in [-0.1, -0.05) is 6.07 Å². The number of nitrogens with zero attached hydrogens (tertiary/aromatic N) is 4. The van der Waals surface area contributed by atoms with Crippen LogP contribution >= 0.6 is 0 Å². The lowest BCUT2D eigenvalue weighted by atomic mass is 10.0. The molecular formula is C23H21FN6O2. The van der Waals surface area contributed by atoms with Gasteiger partial charge in [0.15, 0.2) is 5.82 Å². The summed E-state index contributed by atoms with van der Waals surface area (Å²) in [6.07, 6.45) is 4.78. The van der Waals surface area contributed by atoms with Crippen molar-refractivity contribution in [2.75, 3.05) is 11.9 Å². The predicted octanol–water partition coefficient (Wildman–Crippen LogP) is 2.58. The van der Waals surface area contributed by atoms with E-state index < -0.39 is 6.04 Å². The highest BCUT2D eigenvalue weighted by atomic mass is 19.1. The monoisotopic (exact) mass is 432 g/mol. The van der Waals surface area contributed by atoms with E-state index in [4.69, 9.17) is 9.97 Å². The van der Waals surface area contributed by atoms with Crippen molar-refractivity contribution in [1.82, 2.24) is 25.2 Å². The van der Waals surface area contributed by atoms with Crippen molar-refractivity contribution in [2.45, 2.75) is 31.8 Å².